The summed E-state index contributed by atoms with van der Waals surface area (Å²) < 4.78 is 3.01. The monoisotopic (exact) mass is 365 g/mol. The van der Waals surface area contributed by atoms with Crippen LogP contribution < -0.4 is 0 Å². The Morgan fingerprint density at radius 1 is 1.17 bits per heavy atom. The fraction of sp³-hybridized carbons (Fsp3) is 0.263. The molecule has 0 bridgehead atoms. The standard InChI is InChI=1S/C19H16BrN3/c20-17-12-22-23-9-5-1-2-7-14-10-13-6-3-4-8-15(13)16(11-21)18(14)19(17)23/h3-4,6,8,10,12H,1-2,5,7,9H2. The Balaban J connectivity index is 2.13. The van der Waals surface area contributed by atoms with Gasteiger partial charge in [0.15, 0.2) is 0 Å². The van der Waals surface area contributed by atoms with Crippen LogP contribution in [-0.4, -0.2) is 9.78 Å². The molecule has 2 heterocycles. The maximum Gasteiger partial charge on any atom is 0.100 e. The van der Waals surface area contributed by atoms with Gasteiger partial charge in [-0.15, -0.1) is 0 Å². The molecule has 1 aromatic heterocycles. The summed E-state index contributed by atoms with van der Waals surface area (Å²) in [5.74, 6) is 0. The van der Waals surface area contributed by atoms with Gasteiger partial charge in [0.2, 0.25) is 0 Å². The summed E-state index contributed by atoms with van der Waals surface area (Å²) in [4.78, 5) is 0. The van der Waals surface area contributed by atoms with Crippen LogP contribution in [0.2, 0.25) is 0 Å². The van der Waals surface area contributed by atoms with Crippen LogP contribution in [0.25, 0.3) is 22.0 Å². The molecule has 114 valence electrons. The van der Waals surface area contributed by atoms with Crippen molar-refractivity contribution in [3.8, 4) is 17.3 Å². The van der Waals surface area contributed by atoms with E-state index in [1.807, 2.05) is 29.1 Å². The van der Waals surface area contributed by atoms with E-state index in [2.05, 4.69) is 39.2 Å². The highest BCUT2D eigenvalue weighted by Crippen LogP contribution is 2.38. The van der Waals surface area contributed by atoms with Gasteiger partial charge in [0.25, 0.3) is 0 Å². The van der Waals surface area contributed by atoms with Crippen molar-refractivity contribution in [2.45, 2.75) is 32.2 Å². The topological polar surface area (TPSA) is 41.6 Å². The van der Waals surface area contributed by atoms with E-state index < -0.39 is 0 Å². The van der Waals surface area contributed by atoms with E-state index in [4.69, 9.17) is 0 Å². The quantitative estimate of drug-likeness (QED) is 0.558. The third kappa shape index (κ3) is 2.36. The SMILES string of the molecule is N#Cc1c2c(cc3ccccc13)CCCCCn1ncc(Br)c1-2. The molecule has 0 fully saturated rings. The van der Waals surface area contributed by atoms with Crippen molar-refractivity contribution < 1.29 is 0 Å². The van der Waals surface area contributed by atoms with Gasteiger partial charge in [-0.3, -0.25) is 4.68 Å². The first-order chi connectivity index (χ1) is 11.3. The molecule has 1 aliphatic rings. The van der Waals surface area contributed by atoms with Crippen molar-refractivity contribution in [2.24, 2.45) is 0 Å². The lowest BCUT2D eigenvalue weighted by Crippen LogP contribution is -2.04. The summed E-state index contributed by atoms with van der Waals surface area (Å²) >= 11 is 3.64. The molecule has 23 heavy (non-hydrogen) atoms. The number of nitriles is 1. The zero-order chi connectivity index (χ0) is 15.8. The molecule has 3 aromatic rings. The lowest BCUT2D eigenvalue weighted by Gasteiger charge is -2.15. The molecule has 0 amide bonds. The van der Waals surface area contributed by atoms with E-state index in [0.717, 1.165) is 57.9 Å². The van der Waals surface area contributed by atoms with Gasteiger partial charge < -0.3 is 0 Å². The van der Waals surface area contributed by atoms with Crippen molar-refractivity contribution in [3.63, 3.8) is 0 Å². The van der Waals surface area contributed by atoms with Gasteiger partial charge in [0.05, 0.1) is 21.9 Å². The zero-order valence-electron chi connectivity index (χ0n) is 12.7. The number of hydrogen-bond acceptors (Lipinski definition) is 2. The molecule has 0 N–H and O–H groups in total. The van der Waals surface area contributed by atoms with E-state index in [1.54, 1.807) is 0 Å². The smallest absolute Gasteiger partial charge is 0.100 e. The Hall–Kier alpha value is -2.12. The molecule has 4 rings (SSSR count). The lowest BCUT2D eigenvalue weighted by molar-refractivity contribution is 0.554. The van der Waals surface area contributed by atoms with Crippen LogP contribution in [0, 0.1) is 11.3 Å². The number of nitrogens with zero attached hydrogens (tertiary/aromatic N) is 3. The number of aromatic nitrogens is 2. The van der Waals surface area contributed by atoms with E-state index in [9.17, 15) is 5.26 Å². The minimum atomic E-state index is 0.766. The molecule has 0 aliphatic carbocycles. The summed E-state index contributed by atoms with van der Waals surface area (Å²) in [6.45, 7) is 0.901. The Labute approximate surface area is 143 Å². The van der Waals surface area contributed by atoms with Gasteiger partial charge in [-0.25, -0.2) is 0 Å². The second kappa shape index (κ2) is 5.82. The fourth-order valence-electron chi connectivity index (χ4n) is 3.52. The summed E-state index contributed by atoms with van der Waals surface area (Å²) in [6, 6.07) is 12.9. The van der Waals surface area contributed by atoms with Gasteiger partial charge in [-0.2, -0.15) is 10.4 Å². The van der Waals surface area contributed by atoms with Crippen molar-refractivity contribution >= 4 is 26.7 Å². The third-order valence-electron chi connectivity index (χ3n) is 4.59. The van der Waals surface area contributed by atoms with Crippen LogP contribution in [0.5, 0.6) is 0 Å². The molecule has 2 aromatic carbocycles. The Kier molecular flexibility index (Phi) is 3.66. The average molecular weight is 366 g/mol. The maximum absolute atomic E-state index is 9.88. The molecule has 0 radical (unpaired) electrons. The average Bonchev–Trinajstić information content (AvgIpc) is 2.96. The summed E-state index contributed by atoms with van der Waals surface area (Å²) in [5.41, 5.74) is 4.12. The Morgan fingerprint density at radius 2 is 2.04 bits per heavy atom. The van der Waals surface area contributed by atoms with Crippen molar-refractivity contribution in [2.75, 3.05) is 0 Å². The van der Waals surface area contributed by atoms with Crippen LogP contribution in [0.4, 0.5) is 0 Å². The predicted octanol–water partition coefficient (Wildman–Crippen LogP) is 5.06. The second-order valence-electron chi connectivity index (χ2n) is 5.99. The number of aryl methyl sites for hydroxylation is 2. The number of rotatable bonds is 0. The first kappa shape index (κ1) is 14.5. The summed E-state index contributed by atoms with van der Waals surface area (Å²) in [5, 5.41) is 16.6. The van der Waals surface area contributed by atoms with E-state index in [1.165, 1.54) is 12.0 Å². The normalized spacial score (nSPS) is 14.3. The number of benzene rings is 2. The van der Waals surface area contributed by atoms with E-state index >= 15 is 0 Å². The largest absolute Gasteiger partial charge is 0.264 e. The maximum atomic E-state index is 9.88. The fourth-order valence-corrected chi connectivity index (χ4v) is 4.02. The third-order valence-corrected chi connectivity index (χ3v) is 5.17. The number of hydrogen-bond donors (Lipinski definition) is 0. The van der Waals surface area contributed by atoms with Gasteiger partial charge in [0.1, 0.15) is 6.07 Å². The molecule has 3 nitrogen and oxygen atoms in total. The van der Waals surface area contributed by atoms with E-state index in [0.29, 0.717) is 0 Å². The molecule has 0 unspecified atom stereocenters. The molecule has 4 heteroatoms. The summed E-state index contributed by atoms with van der Waals surface area (Å²) in [7, 11) is 0. The van der Waals surface area contributed by atoms with Crippen LogP contribution in [-0.2, 0) is 13.0 Å². The number of halogens is 1. The highest BCUT2D eigenvalue weighted by molar-refractivity contribution is 9.10. The van der Waals surface area contributed by atoms with Gasteiger partial charge >= 0.3 is 0 Å². The van der Waals surface area contributed by atoms with Crippen LogP contribution >= 0.6 is 15.9 Å². The zero-order valence-corrected chi connectivity index (χ0v) is 14.3. The predicted molar refractivity (Wildman–Crippen MR) is 95.1 cm³/mol. The Bertz CT molecular complexity index is 934. The van der Waals surface area contributed by atoms with Crippen molar-refractivity contribution in [3.05, 3.63) is 52.1 Å². The van der Waals surface area contributed by atoms with Crippen molar-refractivity contribution in [1.82, 2.24) is 9.78 Å². The van der Waals surface area contributed by atoms with Crippen LogP contribution in [0.15, 0.2) is 41.0 Å². The lowest BCUT2D eigenvalue weighted by atomic mass is 9.90. The molecule has 0 spiro atoms. The Morgan fingerprint density at radius 3 is 2.91 bits per heavy atom. The van der Waals surface area contributed by atoms with Gasteiger partial charge in [-0.1, -0.05) is 36.8 Å². The molecule has 0 atom stereocenters. The first-order valence-corrected chi connectivity index (χ1v) is 8.75. The highest BCUT2D eigenvalue weighted by atomic mass is 79.9. The molecule has 1 aliphatic heterocycles. The van der Waals surface area contributed by atoms with Crippen molar-refractivity contribution in [1.29, 1.82) is 5.26 Å². The molecular weight excluding hydrogens is 350 g/mol. The highest BCUT2D eigenvalue weighted by Gasteiger charge is 2.22. The molecular formula is C19H16BrN3. The van der Waals surface area contributed by atoms with Gasteiger partial charge in [-0.05, 0) is 46.1 Å². The van der Waals surface area contributed by atoms with Crippen LogP contribution in [0.3, 0.4) is 0 Å². The second-order valence-corrected chi connectivity index (χ2v) is 6.85. The minimum absolute atomic E-state index is 0.766. The molecule has 0 saturated heterocycles. The van der Waals surface area contributed by atoms with Crippen LogP contribution in [0.1, 0.15) is 30.4 Å². The minimum Gasteiger partial charge on any atom is -0.264 e. The van der Waals surface area contributed by atoms with Gasteiger partial charge in [0, 0.05) is 17.5 Å². The summed E-state index contributed by atoms with van der Waals surface area (Å²) in [6.07, 6.45) is 6.31. The van der Waals surface area contributed by atoms with E-state index in [-0.39, 0.29) is 0 Å². The molecule has 0 saturated carbocycles. The number of fused-ring (bicyclic) bond motifs is 4. The first-order valence-electron chi connectivity index (χ1n) is 7.96.